The second-order valence-corrected chi connectivity index (χ2v) is 9.60. The molecule has 1 N–H and O–H groups in total. The predicted molar refractivity (Wildman–Crippen MR) is 133 cm³/mol. The summed E-state index contributed by atoms with van der Waals surface area (Å²) in [5, 5.41) is 3.35. The molecule has 2 aromatic rings. The van der Waals surface area contributed by atoms with Crippen LogP contribution >= 0.6 is 0 Å². The third-order valence-corrected chi connectivity index (χ3v) is 7.00. The number of rotatable bonds is 6. The van der Waals surface area contributed by atoms with E-state index in [1.807, 2.05) is 9.80 Å². The zero-order valence-electron chi connectivity index (χ0n) is 20.1. The number of nitrogens with zero attached hydrogens (tertiary/aromatic N) is 2. The van der Waals surface area contributed by atoms with Gasteiger partial charge >= 0.3 is 0 Å². The molecule has 2 aliphatic rings. The van der Waals surface area contributed by atoms with Crippen molar-refractivity contribution in [2.75, 3.05) is 39.3 Å². The predicted octanol–water partition coefficient (Wildman–Crippen LogP) is 3.90. The monoisotopic (exact) mass is 447 g/mol. The van der Waals surface area contributed by atoms with Gasteiger partial charge in [-0.05, 0) is 62.4 Å². The molecule has 4 rings (SSSR count). The minimum Gasteiger partial charge on any atom is -0.341 e. The molecule has 5 nitrogen and oxygen atoms in total. The van der Waals surface area contributed by atoms with Gasteiger partial charge in [0.15, 0.2) is 0 Å². The molecule has 2 heterocycles. The lowest BCUT2D eigenvalue weighted by Crippen LogP contribution is -2.43. The minimum atomic E-state index is -0.197. The SMILES string of the molecule is CCCN1CCN(C(=O)C2CCNCC2)C[C@H](Cc2cccc(-c3cccc(C)c3)c2)C1=O. The third-order valence-electron chi connectivity index (χ3n) is 7.00. The van der Waals surface area contributed by atoms with Gasteiger partial charge in [0.1, 0.15) is 0 Å². The average molecular weight is 448 g/mol. The van der Waals surface area contributed by atoms with Gasteiger partial charge in [0.05, 0.1) is 5.92 Å². The Morgan fingerprint density at radius 3 is 2.48 bits per heavy atom. The Labute approximate surface area is 198 Å². The van der Waals surface area contributed by atoms with E-state index in [1.165, 1.54) is 16.7 Å². The van der Waals surface area contributed by atoms with E-state index in [4.69, 9.17) is 0 Å². The van der Waals surface area contributed by atoms with E-state index in [0.717, 1.165) is 44.5 Å². The van der Waals surface area contributed by atoms with Crippen LogP contribution in [0.5, 0.6) is 0 Å². The second kappa shape index (κ2) is 11.0. The summed E-state index contributed by atoms with van der Waals surface area (Å²) >= 11 is 0. The quantitative estimate of drug-likeness (QED) is 0.731. The van der Waals surface area contributed by atoms with Crippen LogP contribution in [-0.4, -0.2) is 60.9 Å². The van der Waals surface area contributed by atoms with Gasteiger partial charge < -0.3 is 15.1 Å². The average Bonchev–Trinajstić information content (AvgIpc) is 2.99. The van der Waals surface area contributed by atoms with Crippen molar-refractivity contribution < 1.29 is 9.59 Å². The summed E-state index contributed by atoms with van der Waals surface area (Å²) in [4.78, 5) is 30.7. The zero-order chi connectivity index (χ0) is 23.2. The summed E-state index contributed by atoms with van der Waals surface area (Å²) in [6, 6.07) is 17.0. The number of nitrogens with one attached hydrogen (secondary N) is 1. The normalized spacial score (nSPS) is 20.1. The van der Waals surface area contributed by atoms with Crippen molar-refractivity contribution in [2.45, 2.75) is 39.5 Å². The maximum atomic E-state index is 13.5. The van der Waals surface area contributed by atoms with E-state index in [0.29, 0.717) is 26.1 Å². The number of piperidine rings is 1. The Bertz CT molecular complexity index is 967. The molecule has 0 unspecified atom stereocenters. The Morgan fingerprint density at radius 2 is 1.76 bits per heavy atom. The fourth-order valence-corrected chi connectivity index (χ4v) is 5.20. The zero-order valence-corrected chi connectivity index (χ0v) is 20.1. The molecule has 2 saturated heterocycles. The van der Waals surface area contributed by atoms with E-state index >= 15 is 0 Å². The molecular weight excluding hydrogens is 410 g/mol. The number of amides is 2. The molecule has 5 heteroatoms. The van der Waals surface area contributed by atoms with Gasteiger partial charge in [0.2, 0.25) is 11.8 Å². The Balaban J connectivity index is 1.55. The summed E-state index contributed by atoms with van der Waals surface area (Å²) in [7, 11) is 0. The van der Waals surface area contributed by atoms with Crippen molar-refractivity contribution in [2.24, 2.45) is 11.8 Å². The number of hydrogen-bond donors (Lipinski definition) is 1. The van der Waals surface area contributed by atoms with Crippen LogP contribution < -0.4 is 5.32 Å². The Kier molecular flexibility index (Phi) is 7.81. The van der Waals surface area contributed by atoms with Crippen molar-refractivity contribution in [3.8, 4) is 11.1 Å². The molecule has 1 atom stereocenters. The maximum Gasteiger partial charge on any atom is 0.227 e. The van der Waals surface area contributed by atoms with Crippen molar-refractivity contribution in [1.82, 2.24) is 15.1 Å². The molecule has 0 aromatic heterocycles. The first-order valence-corrected chi connectivity index (χ1v) is 12.5. The molecule has 0 spiro atoms. The van der Waals surface area contributed by atoms with Crippen LogP contribution in [0.1, 0.15) is 37.3 Å². The fraction of sp³-hybridized carbons (Fsp3) is 0.500. The Hall–Kier alpha value is -2.66. The van der Waals surface area contributed by atoms with Gasteiger partial charge in [-0.3, -0.25) is 9.59 Å². The van der Waals surface area contributed by atoms with Crippen LogP contribution in [0.25, 0.3) is 11.1 Å². The van der Waals surface area contributed by atoms with Gasteiger partial charge in [-0.25, -0.2) is 0 Å². The van der Waals surface area contributed by atoms with Gasteiger partial charge in [0, 0.05) is 32.1 Å². The van der Waals surface area contributed by atoms with Gasteiger partial charge in [-0.15, -0.1) is 0 Å². The molecule has 0 saturated carbocycles. The highest BCUT2D eigenvalue weighted by atomic mass is 16.2. The van der Waals surface area contributed by atoms with Gasteiger partial charge in [0.25, 0.3) is 0 Å². The molecule has 0 radical (unpaired) electrons. The third kappa shape index (κ3) is 5.83. The Morgan fingerprint density at radius 1 is 1.03 bits per heavy atom. The summed E-state index contributed by atoms with van der Waals surface area (Å²) in [6.07, 6.45) is 3.38. The molecule has 176 valence electrons. The smallest absolute Gasteiger partial charge is 0.227 e. The highest BCUT2D eigenvalue weighted by molar-refractivity contribution is 5.83. The van der Waals surface area contributed by atoms with Crippen LogP contribution in [-0.2, 0) is 16.0 Å². The standard InChI is InChI=1S/C28H37N3O2/c1-3-14-30-15-16-31(27(32)23-10-12-29-13-11-23)20-26(28(30)33)19-22-7-5-9-25(18-22)24-8-4-6-21(2)17-24/h4-9,17-18,23,26,29H,3,10-16,19-20H2,1-2H3/t26-/m0/s1. The fourth-order valence-electron chi connectivity index (χ4n) is 5.20. The van der Waals surface area contributed by atoms with E-state index in [2.05, 4.69) is 67.7 Å². The summed E-state index contributed by atoms with van der Waals surface area (Å²) in [5.74, 6) is 0.321. The number of carbonyl (C=O) groups excluding carboxylic acids is 2. The van der Waals surface area contributed by atoms with E-state index in [1.54, 1.807) is 0 Å². The van der Waals surface area contributed by atoms with Gasteiger partial charge in [-0.1, -0.05) is 61.0 Å². The van der Waals surface area contributed by atoms with Crippen LogP contribution in [0.2, 0.25) is 0 Å². The number of aryl methyl sites for hydroxylation is 1. The number of carbonyl (C=O) groups is 2. The maximum absolute atomic E-state index is 13.5. The molecule has 33 heavy (non-hydrogen) atoms. The first-order valence-electron chi connectivity index (χ1n) is 12.5. The van der Waals surface area contributed by atoms with Crippen LogP contribution in [0, 0.1) is 18.8 Å². The molecule has 0 bridgehead atoms. The number of benzene rings is 2. The largest absolute Gasteiger partial charge is 0.341 e. The van der Waals surface area contributed by atoms with Crippen LogP contribution in [0.3, 0.4) is 0 Å². The van der Waals surface area contributed by atoms with Crippen molar-refractivity contribution in [1.29, 1.82) is 0 Å². The lowest BCUT2D eigenvalue weighted by Gasteiger charge is -2.30. The summed E-state index contributed by atoms with van der Waals surface area (Å²) < 4.78 is 0. The first-order chi connectivity index (χ1) is 16.0. The van der Waals surface area contributed by atoms with Crippen molar-refractivity contribution in [3.05, 3.63) is 59.7 Å². The van der Waals surface area contributed by atoms with Crippen LogP contribution in [0.15, 0.2) is 48.5 Å². The van der Waals surface area contributed by atoms with E-state index in [9.17, 15) is 9.59 Å². The van der Waals surface area contributed by atoms with Gasteiger partial charge in [-0.2, -0.15) is 0 Å². The highest BCUT2D eigenvalue weighted by Gasteiger charge is 2.34. The summed E-state index contributed by atoms with van der Waals surface area (Å²) in [5.41, 5.74) is 4.75. The summed E-state index contributed by atoms with van der Waals surface area (Å²) in [6.45, 7) is 8.59. The molecule has 0 aliphatic carbocycles. The lowest BCUT2D eigenvalue weighted by molar-refractivity contribution is -0.137. The lowest BCUT2D eigenvalue weighted by atomic mass is 9.93. The molecule has 2 aromatic carbocycles. The number of hydrogen-bond acceptors (Lipinski definition) is 3. The minimum absolute atomic E-state index is 0.0874. The van der Waals surface area contributed by atoms with Crippen LogP contribution in [0.4, 0.5) is 0 Å². The van der Waals surface area contributed by atoms with Crippen molar-refractivity contribution >= 4 is 11.8 Å². The first kappa shape index (κ1) is 23.5. The molecule has 2 amide bonds. The molecular formula is C28H37N3O2. The topological polar surface area (TPSA) is 52.6 Å². The highest BCUT2D eigenvalue weighted by Crippen LogP contribution is 2.25. The second-order valence-electron chi connectivity index (χ2n) is 9.60. The van der Waals surface area contributed by atoms with E-state index < -0.39 is 0 Å². The molecule has 2 aliphatic heterocycles. The van der Waals surface area contributed by atoms with Crippen molar-refractivity contribution in [3.63, 3.8) is 0 Å². The van der Waals surface area contributed by atoms with E-state index in [-0.39, 0.29) is 23.7 Å². The molecule has 2 fully saturated rings.